The molecule has 2 aromatic carbocycles. The van der Waals surface area contributed by atoms with E-state index in [2.05, 4.69) is 30.9 Å². The molecule has 2 aliphatic rings. The van der Waals surface area contributed by atoms with E-state index >= 15 is 0 Å². The monoisotopic (exact) mass is 527 g/mol. The van der Waals surface area contributed by atoms with Crippen molar-refractivity contribution in [1.82, 2.24) is 4.90 Å². The molecule has 0 aromatic heterocycles. The lowest BCUT2D eigenvalue weighted by Crippen LogP contribution is -2.48. The number of para-hydroxylation sites is 1. The molecule has 2 fully saturated rings. The average Bonchev–Trinajstić information content (AvgIpc) is 3.33. The van der Waals surface area contributed by atoms with Gasteiger partial charge < -0.3 is 19.5 Å². The molecule has 5 nitrogen and oxygen atoms in total. The summed E-state index contributed by atoms with van der Waals surface area (Å²) in [5.41, 5.74) is 2.01. The minimum atomic E-state index is -0.339. The minimum absolute atomic E-state index is 0.0481. The quantitative estimate of drug-likeness (QED) is 0.341. The van der Waals surface area contributed by atoms with E-state index in [9.17, 15) is 9.90 Å². The molecular formula is C31H42ClNO4. The fraction of sp³-hybridized carbons (Fsp3) is 0.581. The average molecular weight is 528 g/mol. The standard InChI is InChI=1S/C31H42ClNO4/c1-22-9-6-11-26(19-22)37-29-27(12-7-13-28(29)32)31(2,16-4-5-18-36-3)24-10-8-17-33(21-24)30(35)23-14-15-25(34)20-23/h6-7,9,11-13,19,23-25,34H,4-5,8,10,14-18,20-21H2,1-3H3/t23-,24+,25+,31+/m0/s1. The third kappa shape index (κ3) is 6.68. The highest BCUT2D eigenvalue weighted by Crippen LogP contribution is 2.48. The number of ether oxygens (including phenoxy) is 2. The summed E-state index contributed by atoms with van der Waals surface area (Å²) in [5, 5.41) is 10.6. The predicted octanol–water partition coefficient (Wildman–Crippen LogP) is 6.91. The molecule has 1 amide bonds. The molecule has 1 aliphatic carbocycles. The predicted molar refractivity (Wildman–Crippen MR) is 148 cm³/mol. The van der Waals surface area contributed by atoms with E-state index in [1.54, 1.807) is 7.11 Å². The zero-order valence-corrected chi connectivity index (χ0v) is 23.3. The largest absolute Gasteiger partial charge is 0.455 e. The molecule has 37 heavy (non-hydrogen) atoms. The Morgan fingerprint density at radius 3 is 2.70 bits per heavy atom. The summed E-state index contributed by atoms with van der Waals surface area (Å²) in [6.45, 7) is 6.63. The van der Waals surface area contributed by atoms with Crippen LogP contribution in [0.15, 0.2) is 42.5 Å². The smallest absolute Gasteiger partial charge is 0.225 e. The van der Waals surface area contributed by atoms with Crippen LogP contribution in [-0.4, -0.2) is 48.8 Å². The first-order valence-electron chi connectivity index (χ1n) is 13.8. The first-order chi connectivity index (χ1) is 17.8. The van der Waals surface area contributed by atoms with Gasteiger partial charge in [-0.3, -0.25) is 4.79 Å². The molecule has 0 bridgehead atoms. The van der Waals surface area contributed by atoms with Crippen LogP contribution in [0.5, 0.6) is 11.5 Å². The molecule has 1 heterocycles. The van der Waals surface area contributed by atoms with Crippen LogP contribution >= 0.6 is 11.6 Å². The molecule has 1 aliphatic heterocycles. The second-order valence-electron chi connectivity index (χ2n) is 11.2. The van der Waals surface area contributed by atoms with Crippen LogP contribution in [0.4, 0.5) is 0 Å². The number of carbonyl (C=O) groups is 1. The normalized spacial score (nSPS) is 23.6. The highest BCUT2D eigenvalue weighted by molar-refractivity contribution is 6.32. The van der Waals surface area contributed by atoms with E-state index in [4.69, 9.17) is 21.1 Å². The Labute approximate surface area is 227 Å². The minimum Gasteiger partial charge on any atom is -0.455 e. The Balaban J connectivity index is 1.65. The summed E-state index contributed by atoms with van der Waals surface area (Å²) in [6, 6.07) is 14.1. The third-order valence-corrected chi connectivity index (χ3v) is 8.77. The third-order valence-electron chi connectivity index (χ3n) is 8.47. The number of aliphatic hydroxyl groups excluding tert-OH is 1. The van der Waals surface area contributed by atoms with Gasteiger partial charge in [-0.2, -0.15) is 0 Å². The molecule has 1 N–H and O–H groups in total. The van der Waals surface area contributed by atoms with Gasteiger partial charge in [0.2, 0.25) is 5.91 Å². The number of piperidine rings is 1. The van der Waals surface area contributed by atoms with Crippen LogP contribution in [0.1, 0.15) is 69.4 Å². The second-order valence-corrected chi connectivity index (χ2v) is 11.6. The van der Waals surface area contributed by atoms with Crippen molar-refractivity contribution in [3.63, 3.8) is 0 Å². The fourth-order valence-electron chi connectivity index (χ4n) is 6.29. The number of benzene rings is 2. The van der Waals surface area contributed by atoms with Crippen LogP contribution < -0.4 is 4.74 Å². The van der Waals surface area contributed by atoms with Gasteiger partial charge >= 0.3 is 0 Å². The Morgan fingerprint density at radius 1 is 1.16 bits per heavy atom. The van der Waals surface area contributed by atoms with Gasteiger partial charge in [-0.25, -0.2) is 0 Å². The SMILES string of the molecule is COCCCC[C@@](C)(c1cccc(Cl)c1Oc1cccc(C)c1)[C@@H]1CCCN(C(=O)[C@H]2CC[C@@H](O)C2)C1. The number of halogens is 1. The van der Waals surface area contributed by atoms with Crippen LogP contribution in [0.2, 0.25) is 5.02 Å². The molecule has 2 aromatic rings. The summed E-state index contributed by atoms with van der Waals surface area (Å²) in [5.74, 6) is 1.93. The van der Waals surface area contributed by atoms with Crippen molar-refractivity contribution in [3.8, 4) is 11.5 Å². The van der Waals surface area contributed by atoms with Crippen molar-refractivity contribution < 1.29 is 19.4 Å². The number of hydrogen-bond acceptors (Lipinski definition) is 4. The lowest BCUT2D eigenvalue weighted by molar-refractivity contribution is -0.138. The molecule has 0 radical (unpaired) electrons. The van der Waals surface area contributed by atoms with Gasteiger partial charge in [-0.1, -0.05) is 49.2 Å². The van der Waals surface area contributed by atoms with Gasteiger partial charge in [0.05, 0.1) is 11.1 Å². The fourth-order valence-corrected chi connectivity index (χ4v) is 6.51. The van der Waals surface area contributed by atoms with Crippen molar-refractivity contribution in [1.29, 1.82) is 0 Å². The van der Waals surface area contributed by atoms with Crippen molar-refractivity contribution in [3.05, 3.63) is 58.6 Å². The molecule has 4 rings (SSSR count). The Morgan fingerprint density at radius 2 is 1.97 bits per heavy atom. The summed E-state index contributed by atoms with van der Waals surface area (Å²) in [6.07, 6.45) is 6.75. The zero-order valence-electron chi connectivity index (χ0n) is 22.5. The molecule has 1 saturated heterocycles. The van der Waals surface area contributed by atoms with Gasteiger partial charge in [0, 0.05) is 43.7 Å². The van der Waals surface area contributed by atoms with E-state index in [1.165, 1.54) is 0 Å². The summed E-state index contributed by atoms with van der Waals surface area (Å²) < 4.78 is 11.8. The molecule has 4 atom stereocenters. The Kier molecular flexibility index (Phi) is 9.55. The lowest BCUT2D eigenvalue weighted by atomic mass is 9.65. The number of aryl methyl sites for hydroxylation is 1. The van der Waals surface area contributed by atoms with Crippen molar-refractivity contribution in [2.24, 2.45) is 11.8 Å². The first kappa shape index (κ1) is 27.9. The highest BCUT2D eigenvalue weighted by Gasteiger charge is 2.42. The molecular weight excluding hydrogens is 486 g/mol. The number of nitrogens with zero attached hydrogens (tertiary/aromatic N) is 1. The van der Waals surface area contributed by atoms with E-state index in [-0.39, 0.29) is 29.3 Å². The van der Waals surface area contributed by atoms with E-state index in [1.807, 2.05) is 30.3 Å². The Hall–Kier alpha value is -2.08. The number of aliphatic hydroxyl groups is 1. The van der Waals surface area contributed by atoms with Gasteiger partial charge in [0.15, 0.2) is 0 Å². The molecule has 0 spiro atoms. The van der Waals surface area contributed by atoms with Crippen LogP contribution in [-0.2, 0) is 14.9 Å². The van der Waals surface area contributed by atoms with E-state index < -0.39 is 0 Å². The summed E-state index contributed by atoms with van der Waals surface area (Å²) >= 11 is 6.79. The van der Waals surface area contributed by atoms with Gasteiger partial charge in [0.25, 0.3) is 0 Å². The maximum Gasteiger partial charge on any atom is 0.225 e. The number of amides is 1. The molecule has 6 heteroatoms. The van der Waals surface area contributed by atoms with Crippen LogP contribution in [0, 0.1) is 18.8 Å². The molecule has 1 saturated carbocycles. The highest BCUT2D eigenvalue weighted by atomic mass is 35.5. The maximum absolute atomic E-state index is 13.4. The molecule has 202 valence electrons. The number of hydrogen-bond donors (Lipinski definition) is 1. The van der Waals surface area contributed by atoms with Crippen molar-refractivity contribution >= 4 is 17.5 Å². The van der Waals surface area contributed by atoms with Gasteiger partial charge in [0.1, 0.15) is 11.5 Å². The topological polar surface area (TPSA) is 59.0 Å². The van der Waals surface area contributed by atoms with Crippen molar-refractivity contribution in [2.75, 3.05) is 26.8 Å². The number of rotatable bonds is 10. The summed E-state index contributed by atoms with van der Waals surface area (Å²) in [7, 11) is 1.74. The van der Waals surface area contributed by atoms with Gasteiger partial charge in [-0.05, 0) is 81.5 Å². The van der Waals surface area contributed by atoms with Gasteiger partial charge in [-0.15, -0.1) is 0 Å². The van der Waals surface area contributed by atoms with Crippen LogP contribution in [0.25, 0.3) is 0 Å². The van der Waals surface area contributed by atoms with Crippen LogP contribution in [0.3, 0.4) is 0 Å². The number of unbranched alkanes of at least 4 members (excludes halogenated alkanes) is 1. The molecule has 0 unspecified atom stereocenters. The zero-order chi connectivity index (χ0) is 26.4. The second kappa shape index (κ2) is 12.6. The first-order valence-corrected chi connectivity index (χ1v) is 14.2. The Bertz CT molecular complexity index is 1060. The number of likely N-dealkylation sites (tertiary alicyclic amines) is 1. The lowest BCUT2D eigenvalue weighted by Gasteiger charge is -2.45. The number of methoxy groups -OCH3 is 1. The summed E-state index contributed by atoms with van der Waals surface area (Å²) in [4.78, 5) is 15.5. The van der Waals surface area contributed by atoms with E-state index in [0.717, 1.165) is 81.5 Å². The number of carbonyl (C=O) groups excluding carboxylic acids is 1. The van der Waals surface area contributed by atoms with Crippen molar-refractivity contribution in [2.45, 2.75) is 76.7 Å². The van der Waals surface area contributed by atoms with E-state index in [0.29, 0.717) is 17.2 Å². The maximum atomic E-state index is 13.4.